The van der Waals surface area contributed by atoms with E-state index in [1.165, 1.54) is 4.88 Å². The normalized spacial score (nSPS) is 10.5. The number of aryl methyl sites for hydroxylation is 1. The highest BCUT2D eigenvalue weighted by atomic mass is 35.5. The maximum absolute atomic E-state index is 12.3. The van der Waals surface area contributed by atoms with Gasteiger partial charge in [-0.25, -0.2) is 0 Å². The van der Waals surface area contributed by atoms with Crippen LogP contribution < -0.4 is 0 Å². The smallest absolute Gasteiger partial charge is 0.223 e. The number of carbonyl (C=O) groups is 1. The monoisotopic (exact) mass is 307 g/mol. The van der Waals surface area contributed by atoms with Gasteiger partial charge in [0.05, 0.1) is 6.54 Å². The van der Waals surface area contributed by atoms with Gasteiger partial charge in [-0.1, -0.05) is 29.8 Å². The molecule has 1 amide bonds. The van der Waals surface area contributed by atoms with Crippen LogP contribution in [0.5, 0.6) is 0 Å². The number of rotatable bonds is 6. The van der Waals surface area contributed by atoms with Gasteiger partial charge in [0.2, 0.25) is 5.91 Å². The van der Waals surface area contributed by atoms with Crippen molar-refractivity contribution in [3.8, 4) is 0 Å². The van der Waals surface area contributed by atoms with Crippen molar-refractivity contribution in [3.63, 3.8) is 0 Å². The second-order valence-electron chi connectivity index (χ2n) is 4.62. The van der Waals surface area contributed by atoms with Crippen molar-refractivity contribution in [1.29, 1.82) is 0 Å². The Morgan fingerprint density at radius 2 is 2.15 bits per heavy atom. The molecule has 0 radical (unpaired) electrons. The summed E-state index contributed by atoms with van der Waals surface area (Å²) in [6.07, 6.45) is 1.26. The third-order valence-corrected chi connectivity index (χ3v) is 4.27. The van der Waals surface area contributed by atoms with Gasteiger partial charge in [0.1, 0.15) is 0 Å². The lowest BCUT2D eigenvalue weighted by Crippen LogP contribution is -2.30. The molecule has 0 unspecified atom stereocenters. The summed E-state index contributed by atoms with van der Waals surface area (Å²) in [5.41, 5.74) is 1.11. The molecule has 0 aliphatic rings. The number of amides is 1. The van der Waals surface area contributed by atoms with E-state index in [9.17, 15) is 4.79 Å². The highest BCUT2D eigenvalue weighted by Gasteiger charge is 2.12. The number of halogens is 1. The van der Waals surface area contributed by atoms with Crippen LogP contribution in [0, 0.1) is 0 Å². The summed E-state index contributed by atoms with van der Waals surface area (Å²) in [6, 6.07) is 11.8. The number of hydrogen-bond acceptors (Lipinski definition) is 2. The fourth-order valence-electron chi connectivity index (χ4n) is 2.07. The van der Waals surface area contributed by atoms with Crippen LogP contribution in [-0.4, -0.2) is 17.4 Å². The van der Waals surface area contributed by atoms with Gasteiger partial charge in [-0.2, -0.15) is 0 Å². The van der Waals surface area contributed by atoms with Crippen LogP contribution in [0.3, 0.4) is 0 Å². The molecule has 2 aromatic rings. The van der Waals surface area contributed by atoms with Gasteiger partial charge in [-0.15, -0.1) is 11.3 Å². The largest absolute Gasteiger partial charge is 0.338 e. The average Bonchev–Trinajstić information content (AvgIpc) is 2.95. The Bertz CT molecular complexity index is 553. The summed E-state index contributed by atoms with van der Waals surface area (Å²) in [5, 5.41) is 2.76. The number of thiophene rings is 1. The Hall–Kier alpha value is -1.32. The third kappa shape index (κ3) is 4.36. The molecule has 1 heterocycles. The van der Waals surface area contributed by atoms with Crippen molar-refractivity contribution in [1.82, 2.24) is 4.90 Å². The van der Waals surface area contributed by atoms with Crippen LogP contribution in [0.4, 0.5) is 0 Å². The van der Waals surface area contributed by atoms with E-state index in [0.717, 1.165) is 23.6 Å². The lowest BCUT2D eigenvalue weighted by Gasteiger charge is -2.20. The number of benzene rings is 1. The number of hydrogen-bond donors (Lipinski definition) is 0. The van der Waals surface area contributed by atoms with Crippen molar-refractivity contribution < 1.29 is 4.79 Å². The van der Waals surface area contributed by atoms with Gasteiger partial charge >= 0.3 is 0 Å². The molecule has 0 atom stereocenters. The minimum absolute atomic E-state index is 0.195. The fourth-order valence-corrected chi connectivity index (χ4v) is 3.00. The molecule has 2 rings (SSSR count). The molecule has 2 nitrogen and oxygen atoms in total. The molecule has 0 aliphatic heterocycles. The molecular formula is C16H18ClNOS. The van der Waals surface area contributed by atoms with Crippen molar-refractivity contribution >= 4 is 28.8 Å². The Morgan fingerprint density at radius 3 is 2.80 bits per heavy atom. The summed E-state index contributed by atoms with van der Waals surface area (Å²) in [7, 11) is 0. The highest BCUT2D eigenvalue weighted by Crippen LogP contribution is 2.15. The molecular weight excluding hydrogens is 290 g/mol. The van der Waals surface area contributed by atoms with Gasteiger partial charge in [-0.3, -0.25) is 4.79 Å². The van der Waals surface area contributed by atoms with E-state index in [-0.39, 0.29) is 5.91 Å². The van der Waals surface area contributed by atoms with E-state index in [2.05, 4.69) is 6.07 Å². The quantitative estimate of drug-likeness (QED) is 0.775. The van der Waals surface area contributed by atoms with Crippen LogP contribution in [0.25, 0.3) is 0 Å². The molecule has 106 valence electrons. The van der Waals surface area contributed by atoms with E-state index in [0.29, 0.717) is 13.0 Å². The van der Waals surface area contributed by atoms with E-state index in [4.69, 9.17) is 11.6 Å². The minimum Gasteiger partial charge on any atom is -0.338 e. The van der Waals surface area contributed by atoms with Gasteiger partial charge in [0.15, 0.2) is 0 Å². The zero-order chi connectivity index (χ0) is 14.4. The summed E-state index contributed by atoms with van der Waals surface area (Å²) in [5.74, 6) is 0.195. The van der Waals surface area contributed by atoms with E-state index in [1.807, 2.05) is 47.5 Å². The van der Waals surface area contributed by atoms with Crippen LogP contribution in [0.2, 0.25) is 5.02 Å². The van der Waals surface area contributed by atoms with Crippen molar-refractivity contribution in [2.24, 2.45) is 0 Å². The van der Waals surface area contributed by atoms with Crippen molar-refractivity contribution in [2.75, 3.05) is 6.54 Å². The average molecular weight is 308 g/mol. The lowest BCUT2D eigenvalue weighted by molar-refractivity contribution is -0.131. The number of carbonyl (C=O) groups excluding carboxylic acids is 1. The standard InChI is InChI=1S/C16H18ClNOS/c1-2-18(12-15-7-4-10-20-15)16(19)9-8-13-5-3-6-14(17)11-13/h3-7,10-11H,2,8-9,12H2,1H3. The molecule has 0 N–H and O–H groups in total. The second kappa shape index (κ2) is 7.46. The first-order valence-electron chi connectivity index (χ1n) is 6.73. The van der Waals surface area contributed by atoms with Gasteiger partial charge in [-0.05, 0) is 42.5 Å². The first-order valence-corrected chi connectivity index (χ1v) is 7.99. The highest BCUT2D eigenvalue weighted by molar-refractivity contribution is 7.09. The Balaban J connectivity index is 1.89. The maximum Gasteiger partial charge on any atom is 0.223 e. The van der Waals surface area contributed by atoms with Crippen molar-refractivity contribution in [2.45, 2.75) is 26.3 Å². The number of nitrogens with zero attached hydrogens (tertiary/aromatic N) is 1. The minimum atomic E-state index is 0.195. The lowest BCUT2D eigenvalue weighted by atomic mass is 10.1. The molecule has 0 spiro atoms. The third-order valence-electron chi connectivity index (χ3n) is 3.18. The molecule has 20 heavy (non-hydrogen) atoms. The second-order valence-corrected chi connectivity index (χ2v) is 6.09. The Kier molecular flexibility index (Phi) is 5.62. The zero-order valence-electron chi connectivity index (χ0n) is 11.5. The summed E-state index contributed by atoms with van der Waals surface area (Å²) >= 11 is 7.64. The molecule has 0 fully saturated rings. The van der Waals surface area contributed by atoms with E-state index < -0.39 is 0 Å². The van der Waals surface area contributed by atoms with Crippen LogP contribution in [-0.2, 0) is 17.8 Å². The van der Waals surface area contributed by atoms with Crippen LogP contribution >= 0.6 is 22.9 Å². The summed E-state index contributed by atoms with van der Waals surface area (Å²) in [6.45, 7) is 3.47. The molecule has 0 bridgehead atoms. The van der Waals surface area contributed by atoms with Crippen LogP contribution in [0.15, 0.2) is 41.8 Å². The molecule has 1 aromatic carbocycles. The first-order chi connectivity index (χ1) is 9.69. The molecule has 0 saturated heterocycles. The predicted molar refractivity (Wildman–Crippen MR) is 85.2 cm³/mol. The van der Waals surface area contributed by atoms with Gasteiger partial charge in [0, 0.05) is 22.9 Å². The van der Waals surface area contributed by atoms with Gasteiger partial charge < -0.3 is 4.90 Å². The topological polar surface area (TPSA) is 20.3 Å². The molecule has 1 aromatic heterocycles. The maximum atomic E-state index is 12.3. The summed E-state index contributed by atoms with van der Waals surface area (Å²) < 4.78 is 0. The predicted octanol–water partition coefficient (Wildman–Crippen LogP) is 4.38. The van der Waals surface area contributed by atoms with Crippen LogP contribution in [0.1, 0.15) is 23.8 Å². The SMILES string of the molecule is CCN(Cc1cccs1)C(=O)CCc1cccc(Cl)c1. The Morgan fingerprint density at radius 1 is 1.30 bits per heavy atom. The molecule has 0 saturated carbocycles. The summed E-state index contributed by atoms with van der Waals surface area (Å²) in [4.78, 5) is 15.4. The first kappa shape index (κ1) is 15.1. The van der Waals surface area contributed by atoms with Crippen molar-refractivity contribution in [3.05, 3.63) is 57.2 Å². The van der Waals surface area contributed by atoms with E-state index in [1.54, 1.807) is 11.3 Å². The van der Waals surface area contributed by atoms with Gasteiger partial charge in [0.25, 0.3) is 0 Å². The fraction of sp³-hybridized carbons (Fsp3) is 0.312. The zero-order valence-corrected chi connectivity index (χ0v) is 13.1. The molecule has 4 heteroatoms. The Labute approximate surface area is 129 Å². The van der Waals surface area contributed by atoms with E-state index >= 15 is 0 Å². The molecule has 0 aliphatic carbocycles.